The van der Waals surface area contributed by atoms with Gasteiger partial charge in [0, 0.05) is 11.6 Å². The molecule has 0 saturated heterocycles. The zero-order chi connectivity index (χ0) is 24.7. The summed E-state index contributed by atoms with van der Waals surface area (Å²) in [7, 11) is -3.93. The van der Waals surface area contributed by atoms with Crippen LogP contribution in [0, 0.1) is 12.7 Å². The lowest BCUT2D eigenvalue weighted by Gasteiger charge is -2.24. The molecule has 0 fully saturated rings. The van der Waals surface area contributed by atoms with E-state index in [2.05, 4.69) is 20.8 Å². The molecule has 1 unspecified atom stereocenters. The average Bonchev–Trinajstić information content (AvgIpc) is 3.42. The fourth-order valence-electron chi connectivity index (χ4n) is 4.22. The molecular formula is C24H21FN6O3S. The van der Waals surface area contributed by atoms with Gasteiger partial charge in [-0.3, -0.25) is 9.10 Å². The summed E-state index contributed by atoms with van der Waals surface area (Å²) in [6.07, 6.45) is 0.603. The SMILES string of the molecule is Cc1nnnn1-c1ccc(F)c(NC(=O)c2cccc(S(=O)(=O)N3c4ccccc4CC3C)c2)c1. The number of hydrogen-bond acceptors (Lipinski definition) is 6. The van der Waals surface area contributed by atoms with Crippen LogP contribution in [-0.2, 0) is 16.4 Å². The Hall–Kier alpha value is -4.12. The molecule has 5 rings (SSSR count). The number of carbonyl (C=O) groups excluding carboxylic acids is 1. The van der Waals surface area contributed by atoms with Gasteiger partial charge in [-0.15, -0.1) is 5.10 Å². The Morgan fingerprint density at radius 1 is 1.09 bits per heavy atom. The molecule has 1 amide bonds. The van der Waals surface area contributed by atoms with Crippen LogP contribution in [-0.4, -0.2) is 40.6 Å². The fourth-order valence-corrected chi connectivity index (χ4v) is 5.96. The maximum absolute atomic E-state index is 14.5. The first-order valence-corrected chi connectivity index (χ1v) is 12.3. The third-order valence-corrected chi connectivity index (χ3v) is 7.79. The number of tetrazole rings is 1. The van der Waals surface area contributed by atoms with Crippen molar-refractivity contribution >= 4 is 27.3 Å². The van der Waals surface area contributed by atoms with Crippen LogP contribution in [0.4, 0.5) is 15.8 Å². The number of para-hydroxylation sites is 1. The molecule has 4 aromatic rings. The zero-order valence-corrected chi connectivity index (χ0v) is 19.7. The number of aromatic nitrogens is 4. The minimum Gasteiger partial charge on any atom is -0.319 e. The topological polar surface area (TPSA) is 110 Å². The number of halogens is 1. The van der Waals surface area contributed by atoms with Crippen molar-refractivity contribution in [2.45, 2.75) is 31.2 Å². The van der Waals surface area contributed by atoms with E-state index in [1.54, 1.807) is 19.1 Å². The van der Waals surface area contributed by atoms with Gasteiger partial charge in [-0.2, -0.15) is 4.68 Å². The zero-order valence-electron chi connectivity index (χ0n) is 18.9. The van der Waals surface area contributed by atoms with Crippen molar-refractivity contribution in [3.63, 3.8) is 0 Å². The molecule has 1 N–H and O–H groups in total. The van der Waals surface area contributed by atoms with Crippen LogP contribution in [0.3, 0.4) is 0 Å². The Kier molecular flexibility index (Phi) is 5.56. The molecular weight excluding hydrogens is 471 g/mol. The highest BCUT2D eigenvalue weighted by Crippen LogP contribution is 2.36. The second kappa shape index (κ2) is 8.58. The van der Waals surface area contributed by atoms with Gasteiger partial charge in [-0.1, -0.05) is 24.3 Å². The number of benzene rings is 3. The van der Waals surface area contributed by atoms with E-state index in [4.69, 9.17) is 0 Å². The predicted octanol–water partition coefficient (Wildman–Crippen LogP) is 3.50. The van der Waals surface area contributed by atoms with Crippen LogP contribution in [0.1, 0.15) is 28.7 Å². The average molecular weight is 493 g/mol. The van der Waals surface area contributed by atoms with Gasteiger partial charge in [0.2, 0.25) is 0 Å². The quantitative estimate of drug-likeness (QED) is 0.457. The number of nitrogens with zero attached hydrogens (tertiary/aromatic N) is 5. The lowest BCUT2D eigenvalue weighted by Crippen LogP contribution is -2.35. The van der Waals surface area contributed by atoms with Crippen LogP contribution in [0.25, 0.3) is 5.69 Å². The molecule has 0 spiro atoms. The smallest absolute Gasteiger partial charge is 0.264 e. The van der Waals surface area contributed by atoms with Crippen molar-refractivity contribution in [3.8, 4) is 5.69 Å². The van der Waals surface area contributed by atoms with Gasteiger partial charge >= 0.3 is 0 Å². The van der Waals surface area contributed by atoms with Crippen LogP contribution in [0.2, 0.25) is 0 Å². The van der Waals surface area contributed by atoms with Gasteiger partial charge < -0.3 is 5.32 Å². The summed E-state index contributed by atoms with van der Waals surface area (Å²) >= 11 is 0. The van der Waals surface area contributed by atoms with Gasteiger partial charge in [-0.25, -0.2) is 12.8 Å². The second-order valence-electron chi connectivity index (χ2n) is 8.27. The number of fused-ring (bicyclic) bond motifs is 1. The first-order valence-electron chi connectivity index (χ1n) is 10.8. The van der Waals surface area contributed by atoms with Crippen LogP contribution in [0.5, 0.6) is 0 Å². The van der Waals surface area contributed by atoms with Crippen LogP contribution >= 0.6 is 0 Å². The molecule has 1 atom stereocenters. The van der Waals surface area contributed by atoms with Gasteiger partial charge in [-0.05, 0) is 78.7 Å². The van der Waals surface area contributed by atoms with Crippen molar-refractivity contribution in [2.24, 2.45) is 0 Å². The molecule has 0 aliphatic carbocycles. The molecule has 9 nitrogen and oxygen atoms in total. The number of amides is 1. The number of carbonyl (C=O) groups is 1. The third kappa shape index (κ3) is 4.03. The molecule has 35 heavy (non-hydrogen) atoms. The molecule has 0 radical (unpaired) electrons. The minimum absolute atomic E-state index is 0.0211. The molecule has 3 aromatic carbocycles. The Balaban J connectivity index is 1.44. The molecule has 1 aliphatic rings. The number of rotatable bonds is 5. The van der Waals surface area contributed by atoms with Gasteiger partial charge in [0.25, 0.3) is 15.9 Å². The maximum Gasteiger partial charge on any atom is 0.264 e. The maximum atomic E-state index is 14.5. The van der Waals surface area contributed by atoms with E-state index < -0.39 is 21.7 Å². The highest BCUT2D eigenvalue weighted by molar-refractivity contribution is 7.92. The molecule has 1 aromatic heterocycles. The third-order valence-electron chi connectivity index (χ3n) is 5.87. The molecule has 11 heteroatoms. The monoisotopic (exact) mass is 492 g/mol. The van der Waals surface area contributed by atoms with E-state index in [0.29, 0.717) is 23.6 Å². The van der Waals surface area contributed by atoms with Crippen molar-refractivity contribution in [1.82, 2.24) is 20.2 Å². The Morgan fingerprint density at radius 3 is 2.66 bits per heavy atom. The summed E-state index contributed by atoms with van der Waals surface area (Å²) < 4.78 is 44.3. The summed E-state index contributed by atoms with van der Waals surface area (Å²) in [5.41, 5.74) is 2.03. The molecule has 178 valence electrons. The highest BCUT2D eigenvalue weighted by Gasteiger charge is 2.36. The first-order chi connectivity index (χ1) is 16.8. The Labute approximate surface area is 201 Å². The Bertz CT molecular complexity index is 1550. The molecule has 0 saturated carbocycles. The summed E-state index contributed by atoms with van der Waals surface area (Å²) in [5.74, 6) is -0.815. The van der Waals surface area contributed by atoms with Crippen molar-refractivity contribution in [2.75, 3.05) is 9.62 Å². The number of anilines is 2. The van der Waals surface area contributed by atoms with Gasteiger partial charge in [0.05, 0.1) is 22.0 Å². The second-order valence-corrected chi connectivity index (χ2v) is 10.1. The van der Waals surface area contributed by atoms with E-state index in [1.807, 2.05) is 19.1 Å². The molecule has 0 bridgehead atoms. The lowest BCUT2D eigenvalue weighted by atomic mass is 10.1. The summed E-state index contributed by atoms with van der Waals surface area (Å²) in [6, 6.07) is 16.9. The lowest BCUT2D eigenvalue weighted by molar-refractivity contribution is 0.102. The first kappa shape index (κ1) is 22.7. The number of hydrogen-bond donors (Lipinski definition) is 1. The molecule has 2 heterocycles. The van der Waals surface area contributed by atoms with Gasteiger partial charge in [0.15, 0.2) is 5.82 Å². The fraction of sp³-hybridized carbons (Fsp3) is 0.167. The summed E-state index contributed by atoms with van der Waals surface area (Å²) in [6.45, 7) is 3.53. The van der Waals surface area contributed by atoms with Crippen molar-refractivity contribution in [1.29, 1.82) is 0 Å². The van der Waals surface area contributed by atoms with Crippen LogP contribution in [0.15, 0.2) is 71.6 Å². The number of nitrogens with one attached hydrogen (secondary N) is 1. The van der Waals surface area contributed by atoms with E-state index >= 15 is 0 Å². The normalized spacial score (nSPS) is 15.2. The number of sulfonamides is 1. The van der Waals surface area contributed by atoms with E-state index in [-0.39, 0.29) is 22.2 Å². The van der Waals surface area contributed by atoms with Crippen molar-refractivity contribution < 1.29 is 17.6 Å². The van der Waals surface area contributed by atoms with E-state index in [1.165, 1.54) is 51.5 Å². The van der Waals surface area contributed by atoms with Gasteiger partial charge in [0.1, 0.15) is 5.82 Å². The van der Waals surface area contributed by atoms with E-state index in [9.17, 15) is 17.6 Å². The predicted molar refractivity (Wildman–Crippen MR) is 128 cm³/mol. The van der Waals surface area contributed by atoms with E-state index in [0.717, 1.165) is 5.56 Å². The number of aryl methyl sites for hydroxylation is 1. The van der Waals surface area contributed by atoms with Crippen molar-refractivity contribution in [3.05, 3.63) is 89.5 Å². The van der Waals surface area contributed by atoms with Crippen LogP contribution < -0.4 is 9.62 Å². The summed E-state index contributed by atoms with van der Waals surface area (Å²) in [5, 5.41) is 13.7. The highest BCUT2D eigenvalue weighted by atomic mass is 32.2. The Morgan fingerprint density at radius 2 is 1.89 bits per heavy atom. The summed E-state index contributed by atoms with van der Waals surface area (Å²) in [4.78, 5) is 12.9. The standard InChI is InChI=1S/C24H21FN6O3S/c1-15-12-17-6-3-4-9-23(17)31(15)35(33,34)20-8-5-7-18(13-20)24(32)26-22-14-19(10-11-21(22)25)30-16(2)27-28-29-30/h3-11,13-15H,12H2,1-2H3,(H,26,32). The minimum atomic E-state index is -3.93. The largest absolute Gasteiger partial charge is 0.319 e. The molecule has 1 aliphatic heterocycles.